The van der Waals surface area contributed by atoms with Gasteiger partial charge in [0.1, 0.15) is 11.9 Å². The molecule has 14 heavy (non-hydrogen) atoms. The van der Waals surface area contributed by atoms with Crippen molar-refractivity contribution < 1.29 is 4.39 Å². The summed E-state index contributed by atoms with van der Waals surface area (Å²) in [4.78, 5) is 0. The van der Waals surface area contributed by atoms with Gasteiger partial charge in [0.25, 0.3) is 0 Å². The summed E-state index contributed by atoms with van der Waals surface area (Å²) in [5.41, 5.74) is -0.0197. The molecule has 0 aliphatic carbocycles. The fraction of sp³-hybridized carbons (Fsp3) is 0. The SMILES string of the molecule is N#Cc1cc(Cl)c2ccccc2c1F. The zero-order chi connectivity index (χ0) is 10.1. The molecule has 0 heterocycles. The Kier molecular flexibility index (Phi) is 2.11. The predicted octanol–water partition coefficient (Wildman–Crippen LogP) is 3.50. The second kappa shape index (κ2) is 3.28. The zero-order valence-electron chi connectivity index (χ0n) is 7.09. The number of halogens is 2. The number of hydrogen-bond donors (Lipinski definition) is 0. The topological polar surface area (TPSA) is 23.8 Å². The van der Waals surface area contributed by atoms with Crippen LogP contribution >= 0.6 is 11.6 Å². The van der Waals surface area contributed by atoms with Gasteiger partial charge < -0.3 is 0 Å². The van der Waals surface area contributed by atoms with Crippen LogP contribution in [0.3, 0.4) is 0 Å². The van der Waals surface area contributed by atoms with Gasteiger partial charge in [-0.2, -0.15) is 5.26 Å². The first kappa shape index (κ1) is 8.98. The van der Waals surface area contributed by atoms with E-state index in [2.05, 4.69) is 0 Å². The van der Waals surface area contributed by atoms with Gasteiger partial charge in [-0.1, -0.05) is 35.9 Å². The predicted molar refractivity (Wildman–Crippen MR) is 53.6 cm³/mol. The van der Waals surface area contributed by atoms with Gasteiger partial charge in [-0.25, -0.2) is 4.39 Å². The lowest BCUT2D eigenvalue weighted by atomic mass is 10.1. The van der Waals surface area contributed by atoms with Gasteiger partial charge in [0.05, 0.1) is 5.56 Å². The molecule has 0 N–H and O–H groups in total. The van der Waals surface area contributed by atoms with Crippen molar-refractivity contribution in [1.82, 2.24) is 0 Å². The van der Waals surface area contributed by atoms with Crippen LogP contribution in [0.5, 0.6) is 0 Å². The van der Waals surface area contributed by atoms with E-state index < -0.39 is 5.82 Å². The van der Waals surface area contributed by atoms with Gasteiger partial charge >= 0.3 is 0 Å². The molecule has 0 bridgehead atoms. The maximum Gasteiger partial charge on any atom is 0.148 e. The third-order valence-corrected chi connectivity index (χ3v) is 2.36. The van der Waals surface area contributed by atoms with Crippen LogP contribution in [0.1, 0.15) is 5.56 Å². The molecule has 0 aliphatic rings. The molecule has 0 aromatic heterocycles. The second-order valence-electron chi connectivity index (χ2n) is 2.88. The Balaban J connectivity index is 2.96. The van der Waals surface area contributed by atoms with Crippen LogP contribution in [0, 0.1) is 17.1 Å². The molecule has 0 unspecified atom stereocenters. The monoisotopic (exact) mass is 205 g/mol. The van der Waals surface area contributed by atoms with Crippen molar-refractivity contribution in [3.05, 3.63) is 46.7 Å². The Hall–Kier alpha value is -1.59. The Morgan fingerprint density at radius 1 is 1.21 bits per heavy atom. The third-order valence-electron chi connectivity index (χ3n) is 2.05. The first-order chi connectivity index (χ1) is 6.74. The van der Waals surface area contributed by atoms with E-state index in [0.717, 1.165) is 0 Å². The fourth-order valence-corrected chi connectivity index (χ4v) is 1.65. The first-order valence-electron chi connectivity index (χ1n) is 4.01. The average molecular weight is 206 g/mol. The van der Waals surface area contributed by atoms with Crippen molar-refractivity contribution in [2.45, 2.75) is 0 Å². The summed E-state index contributed by atoms with van der Waals surface area (Å²) >= 11 is 5.90. The van der Waals surface area contributed by atoms with Gasteiger partial charge in [0.15, 0.2) is 0 Å². The largest absolute Gasteiger partial charge is 0.205 e. The van der Waals surface area contributed by atoms with Crippen LogP contribution in [0.25, 0.3) is 10.8 Å². The molecule has 0 spiro atoms. The minimum atomic E-state index is -0.507. The highest BCUT2D eigenvalue weighted by molar-refractivity contribution is 6.35. The van der Waals surface area contributed by atoms with Crippen molar-refractivity contribution >= 4 is 22.4 Å². The van der Waals surface area contributed by atoms with Gasteiger partial charge in [-0.15, -0.1) is 0 Å². The van der Waals surface area contributed by atoms with E-state index in [0.29, 0.717) is 15.8 Å². The molecule has 0 radical (unpaired) electrons. The van der Waals surface area contributed by atoms with Gasteiger partial charge in [-0.3, -0.25) is 0 Å². The summed E-state index contributed by atoms with van der Waals surface area (Å²) in [6.45, 7) is 0. The highest BCUT2D eigenvalue weighted by Crippen LogP contribution is 2.27. The van der Waals surface area contributed by atoms with Gasteiger partial charge in [0.2, 0.25) is 0 Å². The van der Waals surface area contributed by atoms with E-state index in [1.54, 1.807) is 30.3 Å². The highest BCUT2D eigenvalue weighted by Gasteiger charge is 2.09. The number of hydrogen-bond acceptors (Lipinski definition) is 1. The Labute approximate surface area is 85.3 Å². The number of nitrogens with zero attached hydrogens (tertiary/aromatic N) is 1. The average Bonchev–Trinajstić information content (AvgIpc) is 2.23. The molecule has 2 rings (SSSR count). The maximum atomic E-state index is 13.6. The van der Waals surface area contributed by atoms with Gasteiger partial charge in [-0.05, 0) is 6.07 Å². The van der Waals surface area contributed by atoms with Crippen molar-refractivity contribution in [1.29, 1.82) is 5.26 Å². The number of nitriles is 1. The molecule has 0 saturated carbocycles. The van der Waals surface area contributed by atoms with Crippen molar-refractivity contribution in [2.75, 3.05) is 0 Å². The summed E-state index contributed by atoms with van der Waals surface area (Å²) in [6, 6.07) is 9.94. The van der Waals surface area contributed by atoms with E-state index in [1.807, 2.05) is 0 Å². The van der Waals surface area contributed by atoms with E-state index in [-0.39, 0.29) is 5.56 Å². The Morgan fingerprint density at radius 2 is 1.86 bits per heavy atom. The second-order valence-corrected chi connectivity index (χ2v) is 3.28. The molecular formula is C11H5ClFN. The zero-order valence-corrected chi connectivity index (χ0v) is 7.85. The summed E-state index contributed by atoms with van der Waals surface area (Å²) in [6.07, 6.45) is 0. The normalized spacial score (nSPS) is 10.1. The molecule has 0 saturated heterocycles. The van der Waals surface area contributed by atoms with E-state index in [4.69, 9.17) is 16.9 Å². The van der Waals surface area contributed by atoms with Crippen LogP contribution < -0.4 is 0 Å². The lowest BCUT2D eigenvalue weighted by Gasteiger charge is -2.02. The van der Waals surface area contributed by atoms with Crippen LogP contribution in [0.15, 0.2) is 30.3 Å². The Morgan fingerprint density at radius 3 is 2.50 bits per heavy atom. The maximum absolute atomic E-state index is 13.6. The summed E-state index contributed by atoms with van der Waals surface area (Å²) in [5.74, 6) is -0.507. The molecule has 0 aliphatic heterocycles. The minimum Gasteiger partial charge on any atom is -0.205 e. The van der Waals surface area contributed by atoms with Crippen LogP contribution in [-0.4, -0.2) is 0 Å². The lowest BCUT2D eigenvalue weighted by molar-refractivity contribution is 0.636. The van der Waals surface area contributed by atoms with Crippen molar-refractivity contribution in [3.8, 4) is 6.07 Å². The quantitative estimate of drug-likeness (QED) is 0.646. The van der Waals surface area contributed by atoms with E-state index >= 15 is 0 Å². The van der Waals surface area contributed by atoms with Crippen molar-refractivity contribution in [2.24, 2.45) is 0 Å². The molecule has 2 aromatic carbocycles. The van der Waals surface area contributed by atoms with E-state index in [9.17, 15) is 4.39 Å². The molecule has 1 nitrogen and oxygen atoms in total. The lowest BCUT2D eigenvalue weighted by Crippen LogP contribution is -1.86. The third kappa shape index (κ3) is 1.23. The number of fused-ring (bicyclic) bond motifs is 1. The van der Waals surface area contributed by atoms with Crippen LogP contribution in [0.4, 0.5) is 4.39 Å². The molecule has 0 fully saturated rings. The first-order valence-corrected chi connectivity index (χ1v) is 4.38. The Bertz CT molecular complexity index is 543. The molecule has 68 valence electrons. The summed E-state index contributed by atoms with van der Waals surface area (Å²) in [7, 11) is 0. The standard InChI is InChI=1S/C11H5ClFN/c12-10-5-7(6-14)11(13)9-4-2-1-3-8(9)10/h1-5H. The van der Waals surface area contributed by atoms with Crippen LogP contribution in [-0.2, 0) is 0 Å². The molecule has 3 heteroatoms. The molecular weight excluding hydrogens is 201 g/mol. The smallest absolute Gasteiger partial charge is 0.148 e. The van der Waals surface area contributed by atoms with Crippen LogP contribution in [0.2, 0.25) is 5.02 Å². The molecule has 0 amide bonds. The molecule has 2 aromatic rings. The summed E-state index contributed by atoms with van der Waals surface area (Å²) < 4.78 is 13.6. The number of rotatable bonds is 0. The minimum absolute atomic E-state index is 0.0197. The number of benzene rings is 2. The van der Waals surface area contributed by atoms with Crippen molar-refractivity contribution in [3.63, 3.8) is 0 Å². The van der Waals surface area contributed by atoms with E-state index in [1.165, 1.54) is 6.07 Å². The highest BCUT2D eigenvalue weighted by atomic mass is 35.5. The summed E-state index contributed by atoms with van der Waals surface area (Å²) in [5, 5.41) is 10.1. The van der Waals surface area contributed by atoms with Gasteiger partial charge in [0, 0.05) is 15.8 Å². The fourth-order valence-electron chi connectivity index (χ4n) is 1.38. The molecule has 0 atom stereocenters.